The number of alkyl halides is 3. The molecule has 0 bridgehead atoms. The molecule has 2 heterocycles. The summed E-state index contributed by atoms with van der Waals surface area (Å²) in [5.41, 5.74) is 0.764. The zero-order valence-electron chi connectivity index (χ0n) is 13.4. The Balaban J connectivity index is 1.96. The Kier molecular flexibility index (Phi) is 4.08. The number of rotatable bonds is 3. The van der Waals surface area contributed by atoms with Crippen molar-refractivity contribution >= 4 is 11.0 Å². The van der Waals surface area contributed by atoms with E-state index >= 15 is 0 Å². The highest BCUT2D eigenvalue weighted by molar-refractivity contribution is 5.83. The largest absolute Gasteiger partial charge is 0.473 e. The van der Waals surface area contributed by atoms with Crippen molar-refractivity contribution in [1.82, 2.24) is 14.8 Å². The first-order chi connectivity index (χ1) is 11.8. The molecule has 0 aliphatic heterocycles. The van der Waals surface area contributed by atoms with Gasteiger partial charge in [0.2, 0.25) is 5.88 Å². The van der Waals surface area contributed by atoms with E-state index in [4.69, 9.17) is 10.00 Å². The molecule has 128 valence electrons. The van der Waals surface area contributed by atoms with E-state index < -0.39 is 11.7 Å². The van der Waals surface area contributed by atoms with Crippen molar-refractivity contribution in [3.63, 3.8) is 0 Å². The fraction of sp³-hybridized carbons (Fsp3) is 0.235. The normalized spacial score (nSPS) is 11.5. The maximum Gasteiger partial charge on any atom is 0.417 e. The number of aryl methyl sites for hydroxylation is 2. The smallest absolute Gasteiger partial charge is 0.417 e. The molecule has 0 amide bonds. The lowest BCUT2D eigenvalue weighted by molar-refractivity contribution is -0.136. The lowest BCUT2D eigenvalue weighted by Crippen LogP contribution is -2.08. The average Bonchev–Trinajstić information content (AvgIpc) is 2.86. The van der Waals surface area contributed by atoms with E-state index in [1.54, 1.807) is 24.3 Å². The molecule has 0 saturated carbocycles. The third-order valence-corrected chi connectivity index (χ3v) is 3.72. The van der Waals surface area contributed by atoms with Crippen molar-refractivity contribution in [2.75, 3.05) is 0 Å². The Morgan fingerprint density at radius 2 is 1.92 bits per heavy atom. The molecule has 5 nitrogen and oxygen atoms in total. The van der Waals surface area contributed by atoms with Gasteiger partial charge < -0.3 is 4.74 Å². The molecule has 0 spiro atoms. The standard InChI is InChI=1S/C17H13F3N4O/c1-10-15-13(17(18,19)20)7-14(22-16(15)24(2)23-10)25-9-12-5-3-11(8-21)4-6-12/h3-7H,9H2,1-2H3. The molecule has 0 atom stereocenters. The Morgan fingerprint density at radius 1 is 1.24 bits per heavy atom. The zero-order valence-corrected chi connectivity index (χ0v) is 13.4. The SMILES string of the molecule is Cc1nn(C)c2nc(OCc3ccc(C#N)cc3)cc(C(F)(F)F)c12. The van der Waals surface area contributed by atoms with Crippen molar-refractivity contribution in [2.24, 2.45) is 7.05 Å². The van der Waals surface area contributed by atoms with Gasteiger partial charge in [0.1, 0.15) is 6.61 Å². The lowest BCUT2D eigenvalue weighted by atomic mass is 10.1. The monoisotopic (exact) mass is 346 g/mol. The Bertz CT molecular complexity index is 969. The van der Waals surface area contributed by atoms with E-state index in [-0.39, 0.29) is 29.2 Å². The molecule has 0 aliphatic carbocycles. The van der Waals surface area contributed by atoms with Gasteiger partial charge in [0, 0.05) is 13.1 Å². The first-order valence-corrected chi connectivity index (χ1v) is 7.33. The van der Waals surface area contributed by atoms with Crippen molar-refractivity contribution in [1.29, 1.82) is 5.26 Å². The summed E-state index contributed by atoms with van der Waals surface area (Å²) in [6.45, 7) is 1.55. The van der Waals surface area contributed by atoms with Gasteiger partial charge in [-0.1, -0.05) is 12.1 Å². The Hall–Kier alpha value is -3.08. The highest BCUT2D eigenvalue weighted by atomic mass is 19.4. The number of hydrogen-bond donors (Lipinski definition) is 0. The number of hydrogen-bond acceptors (Lipinski definition) is 4. The van der Waals surface area contributed by atoms with Gasteiger partial charge in [-0.05, 0) is 24.6 Å². The van der Waals surface area contributed by atoms with Crippen LogP contribution in [-0.2, 0) is 19.8 Å². The maximum absolute atomic E-state index is 13.4. The maximum atomic E-state index is 13.4. The Morgan fingerprint density at radius 3 is 2.52 bits per heavy atom. The zero-order chi connectivity index (χ0) is 18.2. The summed E-state index contributed by atoms with van der Waals surface area (Å²) in [6.07, 6.45) is -4.54. The fourth-order valence-corrected chi connectivity index (χ4v) is 2.55. The number of nitrogens with zero attached hydrogens (tertiary/aromatic N) is 4. The van der Waals surface area contributed by atoms with Crippen LogP contribution < -0.4 is 4.74 Å². The van der Waals surface area contributed by atoms with Crippen molar-refractivity contribution in [3.05, 3.63) is 52.7 Å². The minimum Gasteiger partial charge on any atom is -0.473 e. The van der Waals surface area contributed by atoms with Crippen molar-refractivity contribution < 1.29 is 17.9 Å². The molecule has 3 aromatic rings. The topological polar surface area (TPSA) is 63.7 Å². The number of aromatic nitrogens is 3. The fourth-order valence-electron chi connectivity index (χ4n) is 2.55. The number of nitriles is 1. The van der Waals surface area contributed by atoms with E-state index in [0.717, 1.165) is 11.6 Å². The molecule has 25 heavy (non-hydrogen) atoms. The molecule has 1 aromatic carbocycles. The third kappa shape index (κ3) is 3.26. The van der Waals surface area contributed by atoms with Crippen LogP contribution in [0.25, 0.3) is 11.0 Å². The van der Waals surface area contributed by atoms with Crippen LogP contribution in [0.1, 0.15) is 22.4 Å². The van der Waals surface area contributed by atoms with Crippen LogP contribution in [0.4, 0.5) is 13.2 Å². The second-order valence-corrected chi connectivity index (χ2v) is 5.51. The van der Waals surface area contributed by atoms with E-state index in [1.165, 1.54) is 18.7 Å². The van der Waals surface area contributed by atoms with Gasteiger partial charge in [-0.25, -0.2) is 0 Å². The molecule has 2 aromatic heterocycles. The molecule has 0 radical (unpaired) electrons. The quantitative estimate of drug-likeness (QED) is 0.725. The number of ether oxygens (including phenoxy) is 1. The van der Waals surface area contributed by atoms with Gasteiger partial charge in [0.15, 0.2) is 5.65 Å². The van der Waals surface area contributed by atoms with Gasteiger partial charge in [0.05, 0.1) is 28.3 Å². The number of halogens is 3. The van der Waals surface area contributed by atoms with Gasteiger partial charge in [-0.3, -0.25) is 4.68 Å². The molecular weight excluding hydrogens is 333 g/mol. The molecule has 0 aliphatic rings. The first-order valence-electron chi connectivity index (χ1n) is 7.33. The van der Waals surface area contributed by atoms with E-state index in [9.17, 15) is 13.2 Å². The predicted molar refractivity (Wildman–Crippen MR) is 83.7 cm³/mol. The highest BCUT2D eigenvalue weighted by Gasteiger charge is 2.35. The summed E-state index contributed by atoms with van der Waals surface area (Å²) in [4.78, 5) is 4.14. The summed E-state index contributed by atoms with van der Waals surface area (Å²) in [5.74, 6) is -0.132. The number of benzene rings is 1. The van der Waals surface area contributed by atoms with Crippen LogP contribution in [0.3, 0.4) is 0 Å². The summed E-state index contributed by atoms with van der Waals surface area (Å²) in [5, 5.41) is 12.7. The van der Waals surface area contributed by atoms with Crippen molar-refractivity contribution in [3.8, 4) is 11.9 Å². The van der Waals surface area contributed by atoms with Crippen LogP contribution in [0.2, 0.25) is 0 Å². The summed E-state index contributed by atoms with van der Waals surface area (Å²) in [7, 11) is 1.53. The summed E-state index contributed by atoms with van der Waals surface area (Å²) < 4.78 is 46.9. The summed E-state index contributed by atoms with van der Waals surface area (Å²) in [6, 6.07) is 9.46. The minimum atomic E-state index is -4.54. The lowest BCUT2D eigenvalue weighted by Gasteiger charge is -2.12. The second kappa shape index (κ2) is 6.09. The van der Waals surface area contributed by atoms with Crippen LogP contribution in [0.15, 0.2) is 30.3 Å². The molecule has 0 fully saturated rings. The third-order valence-electron chi connectivity index (χ3n) is 3.72. The van der Waals surface area contributed by atoms with Crippen molar-refractivity contribution in [2.45, 2.75) is 19.7 Å². The van der Waals surface area contributed by atoms with Gasteiger partial charge >= 0.3 is 6.18 Å². The molecule has 8 heteroatoms. The first kappa shape index (κ1) is 16.8. The molecule has 3 rings (SSSR count). The van der Waals surface area contributed by atoms with E-state index in [0.29, 0.717) is 5.56 Å². The number of fused-ring (bicyclic) bond motifs is 1. The molecule has 0 unspecified atom stereocenters. The average molecular weight is 346 g/mol. The Labute approximate surface area is 141 Å². The minimum absolute atomic E-state index is 0.0271. The van der Waals surface area contributed by atoms with Crippen LogP contribution in [0.5, 0.6) is 5.88 Å². The van der Waals surface area contributed by atoms with Crippen LogP contribution >= 0.6 is 0 Å². The molecule has 0 saturated heterocycles. The van der Waals surface area contributed by atoms with E-state index in [2.05, 4.69) is 10.1 Å². The molecule has 0 N–H and O–H groups in total. The second-order valence-electron chi connectivity index (χ2n) is 5.51. The van der Waals surface area contributed by atoms with Gasteiger partial charge in [-0.2, -0.15) is 28.5 Å². The number of pyridine rings is 1. The highest BCUT2D eigenvalue weighted by Crippen LogP contribution is 2.37. The molecular formula is C17H13F3N4O. The van der Waals surface area contributed by atoms with Gasteiger partial charge in [0.25, 0.3) is 0 Å². The summed E-state index contributed by atoms with van der Waals surface area (Å²) >= 11 is 0. The van der Waals surface area contributed by atoms with Crippen LogP contribution in [-0.4, -0.2) is 14.8 Å². The van der Waals surface area contributed by atoms with Crippen LogP contribution in [0, 0.1) is 18.3 Å². The predicted octanol–water partition coefficient (Wildman–Crippen LogP) is 3.75. The van der Waals surface area contributed by atoms with E-state index in [1.807, 2.05) is 6.07 Å². The van der Waals surface area contributed by atoms with Gasteiger partial charge in [-0.15, -0.1) is 0 Å².